The van der Waals surface area contributed by atoms with Crippen LogP contribution in [0.1, 0.15) is 20.8 Å². The van der Waals surface area contributed by atoms with Crippen molar-refractivity contribution in [1.29, 1.82) is 0 Å². The van der Waals surface area contributed by atoms with Gasteiger partial charge in [-0.1, -0.05) is 0 Å². The van der Waals surface area contributed by atoms with Crippen LogP contribution < -0.4 is 5.32 Å². The molecule has 0 spiro atoms. The Morgan fingerprint density at radius 3 is 1.56 bits per heavy atom. The first kappa shape index (κ1) is 25.5. The van der Waals surface area contributed by atoms with Gasteiger partial charge in [-0.25, -0.2) is 9.59 Å². The maximum Gasteiger partial charge on any atom is 0.407 e. The van der Waals surface area contributed by atoms with E-state index >= 15 is 0 Å². The van der Waals surface area contributed by atoms with Gasteiger partial charge in [0.05, 0.1) is 59.5 Å². The molecule has 0 aromatic rings. The van der Waals surface area contributed by atoms with E-state index in [9.17, 15) is 9.59 Å². The fourth-order valence-corrected chi connectivity index (χ4v) is 1.58. The van der Waals surface area contributed by atoms with Crippen LogP contribution in [0.5, 0.6) is 0 Å². The zero-order chi connectivity index (χ0) is 20.4. The second kappa shape index (κ2) is 16.7. The van der Waals surface area contributed by atoms with Crippen molar-refractivity contribution in [2.24, 2.45) is 0 Å². The summed E-state index contributed by atoms with van der Waals surface area (Å²) in [5.41, 5.74) is -0.511. The van der Waals surface area contributed by atoms with Crippen molar-refractivity contribution in [2.75, 3.05) is 72.6 Å². The average Bonchev–Trinajstić information content (AvgIpc) is 2.55. The van der Waals surface area contributed by atoms with Gasteiger partial charge in [-0.3, -0.25) is 0 Å². The molecule has 0 atom stereocenters. The van der Waals surface area contributed by atoms with Gasteiger partial charge in [0.1, 0.15) is 12.2 Å². The second-order valence-corrected chi connectivity index (χ2v) is 6.32. The van der Waals surface area contributed by atoms with Gasteiger partial charge < -0.3 is 38.8 Å². The molecule has 0 fully saturated rings. The van der Waals surface area contributed by atoms with Crippen molar-refractivity contribution in [3.63, 3.8) is 0 Å². The predicted molar refractivity (Wildman–Crippen MR) is 96.0 cm³/mol. The number of rotatable bonds is 17. The molecular weight excluding hydrogens is 362 g/mol. The van der Waals surface area contributed by atoms with E-state index in [4.69, 9.17) is 33.5 Å². The lowest BCUT2D eigenvalue weighted by Crippen LogP contribution is -2.34. The van der Waals surface area contributed by atoms with Crippen LogP contribution in [0.15, 0.2) is 0 Å². The normalized spacial score (nSPS) is 11.4. The highest BCUT2D eigenvalue weighted by atomic mass is 16.6. The van der Waals surface area contributed by atoms with Crippen LogP contribution in [0.3, 0.4) is 0 Å². The molecule has 0 unspecified atom stereocenters. The molecule has 0 aromatic heterocycles. The van der Waals surface area contributed by atoms with Crippen LogP contribution in [0.2, 0.25) is 0 Å². The van der Waals surface area contributed by atoms with E-state index < -0.39 is 17.7 Å². The van der Waals surface area contributed by atoms with Crippen LogP contribution in [0.25, 0.3) is 0 Å². The molecule has 0 aromatic carbocycles. The maximum absolute atomic E-state index is 11.4. The van der Waals surface area contributed by atoms with Gasteiger partial charge in [-0.05, 0) is 20.8 Å². The molecule has 0 aliphatic rings. The topological polar surface area (TPSA) is 122 Å². The Morgan fingerprint density at radius 2 is 1.15 bits per heavy atom. The van der Waals surface area contributed by atoms with E-state index in [1.807, 2.05) is 0 Å². The first-order valence-corrected chi connectivity index (χ1v) is 8.88. The van der Waals surface area contributed by atoms with Crippen molar-refractivity contribution in [2.45, 2.75) is 26.4 Å². The van der Waals surface area contributed by atoms with Crippen LogP contribution in [-0.4, -0.2) is 95.4 Å². The summed E-state index contributed by atoms with van der Waals surface area (Å²) in [6.07, 6.45) is -0.462. The van der Waals surface area contributed by atoms with Gasteiger partial charge in [0.25, 0.3) is 0 Å². The number of ether oxygens (including phenoxy) is 6. The van der Waals surface area contributed by atoms with Crippen LogP contribution in [0.4, 0.5) is 4.79 Å². The molecule has 10 nitrogen and oxygen atoms in total. The lowest BCUT2D eigenvalue weighted by molar-refractivity contribution is -0.142. The molecule has 0 radical (unpaired) electrons. The molecule has 10 heteroatoms. The molecule has 1 amide bonds. The van der Waals surface area contributed by atoms with E-state index in [1.165, 1.54) is 0 Å². The van der Waals surface area contributed by atoms with Crippen molar-refractivity contribution >= 4 is 12.1 Å². The van der Waals surface area contributed by atoms with Crippen LogP contribution >= 0.6 is 0 Å². The van der Waals surface area contributed by atoms with Gasteiger partial charge in [0.2, 0.25) is 0 Å². The summed E-state index contributed by atoms with van der Waals surface area (Å²) in [5.74, 6) is -0.999. The molecule has 27 heavy (non-hydrogen) atoms. The van der Waals surface area contributed by atoms with Gasteiger partial charge in [-0.2, -0.15) is 0 Å². The SMILES string of the molecule is CC(C)(C)OC(=O)NCCOCCOCCOCCOCCOCC(=O)O. The van der Waals surface area contributed by atoms with Gasteiger partial charge in [0.15, 0.2) is 0 Å². The maximum atomic E-state index is 11.4. The number of nitrogens with one attached hydrogen (secondary N) is 1. The third-order valence-electron chi connectivity index (χ3n) is 2.63. The van der Waals surface area contributed by atoms with Gasteiger partial charge >= 0.3 is 12.1 Å². The lowest BCUT2D eigenvalue weighted by atomic mass is 10.2. The number of carbonyl (C=O) groups is 2. The highest BCUT2D eigenvalue weighted by Crippen LogP contribution is 2.05. The highest BCUT2D eigenvalue weighted by Gasteiger charge is 2.15. The first-order chi connectivity index (χ1) is 12.8. The van der Waals surface area contributed by atoms with Crippen molar-refractivity contribution in [3.8, 4) is 0 Å². The van der Waals surface area contributed by atoms with Crippen molar-refractivity contribution < 1.29 is 43.1 Å². The second-order valence-electron chi connectivity index (χ2n) is 6.32. The number of alkyl carbamates (subject to hydrolysis) is 1. The highest BCUT2D eigenvalue weighted by molar-refractivity contribution is 5.68. The summed E-state index contributed by atoms with van der Waals surface area (Å²) in [5, 5.41) is 11.0. The monoisotopic (exact) mass is 395 g/mol. The minimum absolute atomic E-state index is 0.239. The number of carboxylic acid groups (broad SMARTS) is 1. The summed E-state index contributed by atoms with van der Waals surface area (Å²) in [7, 11) is 0. The van der Waals surface area contributed by atoms with E-state index in [1.54, 1.807) is 20.8 Å². The van der Waals surface area contributed by atoms with Crippen LogP contribution in [-0.2, 0) is 33.2 Å². The predicted octanol–water partition coefficient (Wildman–Crippen LogP) is 0.679. The summed E-state index contributed by atoms with van der Waals surface area (Å²) in [6, 6.07) is 0. The minimum atomic E-state index is -0.999. The van der Waals surface area contributed by atoms with Crippen molar-refractivity contribution in [3.05, 3.63) is 0 Å². The smallest absolute Gasteiger partial charge is 0.407 e. The summed E-state index contributed by atoms with van der Waals surface area (Å²) >= 11 is 0. The molecule has 0 saturated heterocycles. The minimum Gasteiger partial charge on any atom is -0.480 e. The summed E-state index contributed by atoms with van der Waals surface area (Å²) in [6.45, 7) is 9.00. The Balaban J connectivity index is 3.15. The Morgan fingerprint density at radius 1 is 0.741 bits per heavy atom. The zero-order valence-electron chi connectivity index (χ0n) is 16.5. The Bertz CT molecular complexity index is 385. The third-order valence-corrected chi connectivity index (χ3v) is 2.63. The Hall–Kier alpha value is -1.46. The van der Waals surface area contributed by atoms with E-state index in [-0.39, 0.29) is 13.2 Å². The molecular formula is C17H33NO9. The molecule has 0 rings (SSSR count). The van der Waals surface area contributed by atoms with E-state index in [0.717, 1.165) is 0 Å². The van der Waals surface area contributed by atoms with E-state index in [2.05, 4.69) is 5.32 Å². The first-order valence-electron chi connectivity index (χ1n) is 8.88. The zero-order valence-corrected chi connectivity index (χ0v) is 16.5. The number of hydrogen-bond donors (Lipinski definition) is 2. The van der Waals surface area contributed by atoms with Gasteiger partial charge in [0, 0.05) is 6.54 Å². The van der Waals surface area contributed by atoms with Crippen LogP contribution in [0, 0.1) is 0 Å². The number of aliphatic carboxylic acids is 1. The van der Waals surface area contributed by atoms with Crippen molar-refractivity contribution in [1.82, 2.24) is 5.32 Å². The summed E-state index contributed by atoms with van der Waals surface area (Å²) in [4.78, 5) is 21.6. The fraction of sp³-hybridized carbons (Fsp3) is 0.882. The molecule has 0 saturated carbocycles. The molecule has 0 aliphatic heterocycles. The Kier molecular flexibility index (Phi) is 15.8. The van der Waals surface area contributed by atoms with Gasteiger partial charge in [-0.15, -0.1) is 0 Å². The Labute approximate surface area is 160 Å². The summed E-state index contributed by atoms with van der Waals surface area (Å²) < 4.78 is 31.0. The number of carboxylic acids is 1. The molecule has 0 bridgehead atoms. The number of amides is 1. The fourth-order valence-electron chi connectivity index (χ4n) is 1.58. The molecule has 160 valence electrons. The van der Waals surface area contributed by atoms with E-state index in [0.29, 0.717) is 59.4 Å². The third kappa shape index (κ3) is 22.5. The molecule has 0 aliphatic carbocycles. The lowest BCUT2D eigenvalue weighted by Gasteiger charge is -2.19. The largest absolute Gasteiger partial charge is 0.480 e. The standard InChI is InChI=1S/C17H33NO9/c1-17(2,3)27-16(21)18-4-5-22-6-7-23-8-9-24-10-11-25-12-13-26-14-15(19)20/h4-14H2,1-3H3,(H,18,21)(H,19,20). The number of carbonyl (C=O) groups excluding carboxylic acids is 1. The quantitative estimate of drug-likeness (QED) is 0.342. The average molecular weight is 395 g/mol. The molecule has 0 heterocycles. The number of hydrogen-bond acceptors (Lipinski definition) is 8. The molecule has 2 N–H and O–H groups in total.